The molecule has 3 heterocycles. The Balaban J connectivity index is 1.43. The second kappa shape index (κ2) is 8.60. The van der Waals surface area contributed by atoms with Crippen molar-refractivity contribution in [1.82, 2.24) is 14.7 Å². The molecule has 0 radical (unpaired) electrons. The van der Waals surface area contributed by atoms with E-state index in [0.717, 1.165) is 47.4 Å². The summed E-state index contributed by atoms with van der Waals surface area (Å²) in [6.07, 6.45) is 2.01. The third-order valence-corrected chi connectivity index (χ3v) is 6.85. The van der Waals surface area contributed by atoms with Gasteiger partial charge in [-0.1, -0.05) is 36.8 Å². The second-order valence-electron chi connectivity index (χ2n) is 8.20. The number of aromatic nitrogens is 2. The molecule has 1 fully saturated rings. The number of ether oxygens (including phenoxy) is 1. The van der Waals surface area contributed by atoms with Gasteiger partial charge in [0.1, 0.15) is 9.71 Å². The van der Waals surface area contributed by atoms with Crippen LogP contribution >= 0.6 is 11.3 Å². The second-order valence-corrected chi connectivity index (χ2v) is 9.23. The molecule has 0 bridgehead atoms. The SMILES string of the molecule is Cc1ccc(Cn2nc(C)c3cc(C(=O)OCC(=O)N4CCC(C)CC4)sc32)cc1. The van der Waals surface area contributed by atoms with Crippen LogP contribution in [0.25, 0.3) is 10.2 Å². The summed E-state index contributed by atoms with van der Waals surface area (Å²) in [5.74, 6) is 0.0900. The van der Waals surface area contributed by atoms with Crippen LogP contribution in [0.5, 0.6) is 0 Å². The monoisotopic (exact) mass is 425 g/mol. The zero-order valence-electron chi connectivity index (χ0n) is 17.7. The van der Waals surface area contributed by atoms with E-state index >= 15 is 0 Å². The van der Waals surface area contributed by atoms with Crippen LogP contribution in [0.4, 0.5) is 0 Å². The lowest BCUT2D eigenvalue weighted by Gasteiger charge is -2.30. The largest absolute Gasteiger partial charge is 0.451 e. The Morgan fingerprint density at radius 1 is 1.17 bits per heavy atom. The first-order valence-corrected chi connectivity index (χ1v) is 11.2. The predicted octanol–water partition coefficient (Wildman–Crippen LogP) is 4.18. The molecule has 4 rings (SSSR count). The van der Waals surface area contributed by atoms with E-state index in [1.54, 1.807) is 4.90 Å². The third-order valence-electron chi connectivity index (χ3n) is 5.72. The highest BCUT2D eigenvalue weighted by molar-refractivity contribution is 7.20. The molecule has 7 heteroatoms. The molecule has 6 nitrogen and oxygen atoms in total. The number of rotatable bonds is 5. The maximum absolute atomic E-state index is 12.6. The summed E-state index contributed by atoms with van der Waals surface area (Å²) in [6, 6.07) is 10.2. The molecule has 1 amide bonds. The summed E-state index contributed by atoms with van der Waals surface area (Å²) in [5.41, 5.74) is 3.25. The zero-order valence-corrected chi connectivity index (χ0v) is 18.5. The first-order valence-electron chi connectivity index (χ1n) is 10.4. The number of hydrogen-bond donors (Lipinski definition) is 0. The standard InChI is InChI=1S/C23H27N3O3S/c1-15-4-6-18(7-5-15)13-26-22-19(17(3)24-26)12-20(30-22)23(28)29-14-21(27)25-10-8-16(2)9-11-25/h4-7,12,16H,8-11,13-14H2,1-3H3. The Labute approximate surface area is 180 Å². The van der Waals surface area contributed by atoms with E-state index in [4.69, 9.17) is 4.74 Å². The number of likely N-dealkylation sites (tertiary alicyclic amines) is 1. The number of fused-ring (bicyclic) bond motifs is 1. The molecule has 1 aromatic carbocycles. The molecular formula is C23H27N3O3S. The van der Waals surface area contributed by atoms with E-state index in [-0.39, 0.29) is 12.5 Å². The van der Waals surface area contributed by atoms with Gasteiger partial charge in [-0.15, -0.1) is 11.3 Å². The van der Waals surface area contributed by atoms with Crippen molar-refractivity contribution in [3.63, 3.8) is 0 Å². The molecular weight excluding hydrogens is 398 g/mol. The number of benzene rings is 1. The van der Waals surface area contributed by atoms with Crippen molar-refractivity contribution in [2.24, 2.45) is 5.92 Å². The van der Waals surface area contributed by atoms with Gasteiger partial charge in [0.2, 0.25) is 0 Å². The number of thiophene rings is 1. The lowest BCUT2D eigenvalue weighted by Crippen LogP contribution is -2.40. The maximum atomic E-state index is 12.6. The molecule has 3 aromatic rings. The quantitative estimate of drug-likeness (QED) is 0.575. The van der Waals surface area contributed by atoms with Gasteiger partial charge in [0.15, 0.2) is 6.61 Å². The minimum absolute atomic E-state index is 0.113. The molecule has 0 unspecified atom stereocenters. The fourth-order valence-electron chi connectivity index (χ4n) is 3.73. The van der Waals surface area contributed by atoms with Crippen LogP contribution in [0, 0.1) is 19.8 Å². The van der Waals surface area contributed by atoms with Gasteiger partial charge >= 0.3 is 5.97 Å². The van der Waals surface area contributed by atoms with Gasteiger partial charge in [-0.05, 0) is 44.2 Å². The minimum Gasteiger partial charge on any atom is -0.451 e. The van der Waals surface area contributed by atoms with Crippen LogP contribution in [0.2, 0.25) is 0 Å². The van der Waals surface area contributed by atoms with Crippen molar-refractivity contribution in [3.05, 3.63) is 52.0 Å². The van der Waals surface area contributed by atoms with Gasteiger partial charge in [0, 0.05) is 18.5 Å². The summed E-state index contributed by atoms with van der Waals surface area (Å²) >= 11 is 1.36. The molecule has 30 heavy (non-hydrogen) atoms. The van der Waals surface area contributed by atoms with Crippen LogP contribution in [0.15, 0.2) is 30.3 Å². The van der Waals surface area contributed by atoms with Crippen molar-refractivity contribution < 1.29 is 14.3 Å². The average Bonchev–Trinajstić information content (AvgIpc) is 3.29. The molecule has 1 aliphatic heterocycles. The highest BCUT2D eigenvalue weighted by Crippen LogP contribution is 2.29. The Morgan fingerprint density at radius 3 is 2.57 bits per heavy atom. The van der Waals surface area contributed by atoms with Crippen molar-refractivity contribution in [2.45, 2.75) is 40.2 Å². The van der Waals surface area contributed by atoms with Crippen LogP contribution in [-0.2, 0) is 16.1 Å². The molecule has 0 aliphatic carbocycles. The molecule has 1 saturated heterocycles. The average molecular weight is 426 g/mol. The molecule has 0 spiro atoms. The van der Waals surface area contributed by atoms with Gasteiger partial charge < -0.3 is 9.64 Å². The van der Waals surface area contributed by atoms with E-state index in [1.165, 1.54) is 16.9 Å². The van der Waals surface area contributed by atoms with E-state index in [9.17, 15) is 9.59 Å². The summed E-state index contributed by atoms with van der Waals surface area (Å²) in [5, 5.41) is 5.58. The molecule has 2 aromatic heterocycles. The predicted molar refractivity (Wildman–Crippen MR) is 118 cm³/mol. The van der Waals surface area contributed by atoms with Gasteiger partial charge in [0.25, 0.3) is 5.91 Å². The van der Waals surface area contributed by atoms with Crippen LogP contribution in [0.3, 0.4) is 0 Å². The zero-order chi connectivity index (χ0) is 21.3. The highest BCUT2D eigenvalue weighted by Gasteiger charge is 2.23. The van der Waals surface area contributed by atoms with E-state index < -0.39 is 5.97 Å². The Bertz CT molecular complexity index is 1060. The summed E-state index contributed by atoms with van der Waals surface area (Å²) in [4.78, 5) is 28.1. The third kappa shape index (κ3) is 4.41. The fourth-order valence-corrected chi connectivity index (χ4v) is 4.79. The fraction of sp³-hybridized carbons (Fsp3) is 0.435. The highest BCUT2D eigenvalue weighted by atomic mass is 32.1. The maximum Gasteiger partial charge on any atom is 0.348 e. The number of carbonyl (C=O) groups is 2. The number of hydrogen-bond acceptors (Lipinski definition) is 5. The van der Waals surface area contributed by atoms with Crippen LogP contribution < -0.4 is 0 Å². The van der Waals surface area contributed by atoms with E-state index in [0.29, 0.717) is 17.3 Å². The van der Waals surface area contributed by atoms with Crippen molar-refractivity contribution >= 4 is 33.4 Å². The van der Waals surface area contributed by atoms with Crippen molar-refractivity contribution in [3.8, 4) is 0 Å². The van der Waals surface area contributed by atoms with Gasteiger partial charge in [-0.25, -0.2) is 4.79 Å². The van der Waals surface area contributed by atoms with Gasteiger partial charge in [-0.2, -0.15) is 5.10 Å². The van der Waals surface area contributed by atoms with Crippen LogP contribution in [0.1, 0.15) is 46.3 Å². The van der Waals surface area contributed by atoms with Crippen LogP contribution in [-0.4, -0.2) is 46.3 Å². The summed E-state index contributed by atoms with van der Waals surface area (Å²) in [7, 11) is 0. The molecule has 1 aliphatic rings. The minimum atomic E-state index is -0.448. The Kier molecular flexibility index (Phi) is 5.90. The Hall–Kier alpha value is -2.67. The lowest BCUT2D eigenvalue weighted by molar-refractivity contribution is -0.135. The summed E-state index contributed by atoms with van der Waals surface area (Å²) in [6.45, 7) is 8.14. The molecule has 0 atom stereocenters. The number of nitrogens with zero attached hydrogens (tertiary/aromatic N) is 3. The number of piperidine rings is 1. The smallest absolute Gasteiger partial charge is 0.348 e. The first kappa shape index (κ1) is 20.6. The number of carbonyl (C=O) groups excluding carboxylic acids is 2. The normalized spacial score (nSPS) is 15.0. The topological polar surface area (TPSA) is 64.4 Å². The number of amides is 1. The van der Waals surface area contributed by atoms with E-state index in [2.05, 4.69) is 43.2 Å². The van der Waals surface area contributed by atoms with Crippen molar-refractivity contribution in [2.75, 3.05) is 19.7 Å². The van der Waals surface area contributed by atoms with Gasteiger partial charge in [0.05, 0.1) is 12.2 Å². The Morgan fingerprint density at radius 2 is 1.87 bits per heavy atom. The number of aryl methyl sites for hydroxylation is 2. The molecule has 158 valence electrons. The number of esters is 1. The molecule has 0 N–H and O–H groups in total. The lowest BCUT2D eigenvalue weighted by atomic mass is 9.99. The first-order chi connectivity index (χ1) is 14.4. The molecule has 0 saturated carbocycles. The van der Waals surface area contributed by atoms with Gasteiger partial charge in [-0.3, -0.25) is 9.48 Å². The van der Waals surface area contributed by atoms with Crippen molar-refractivity contribution in [1.29, 1.82) is 0 Å². The summed E-state index contributed by atoms with van der Waals surface area (Å²) < 4.78 is 7.26. The van der Waals surface area contributed by atoms with E-state index in [1.807, 2.05) is 17.7 Å².